The van der Waals surface area contributed by atoms with Gasteiger partial charge in [-0.05, 0) is 62.6 Å². The Labute approximate surface area is 154 Å². The fourth-order valence-corrected chi connectivity index (χ4v) is 2.46. The Bertz CT molecular complexity index is 762. The second-order valence-corrected chi connectivity index (χ2v) is 7.28. The van der Waals surface area contributed by atoms with E-state index in [1.54, 1.807) is 12.1 Å². The van der Waals surface area contributed by atoms with Gasteiger partial charge in [0.15, 0.2) is 0 Å². The standard InChI is InChI=1S/C21H26N2O3/c1-21(2,3)26-20(25)23-18-6-4-5-16(13-18)14-19(24)12-9-15-7-10-17(22)11-8-15/h4-8,10-11,13H,9,12,14,22H2,1-3H3,(H,23,25). The first kappa shape index (κ1) is 19.5. The smallest absolute Gasteiger partial charge is 0.412 e. The molecule has 138 valence electrons. The average Bonchev–Trinajstić information content (AvgIpc) is 2.53. The summed E-state index contributed by atoms with van der Waals surface area (Å²) in [6.07, 6.45) is 0.978. The number of hydrogen-bond acceptors (Lipinski definition) is 4. The molecular formula is C21H26N2O3. The summed E-state index contributed by atoms with van der Waals surface area (Å²) in [4.78, 5) is 24.1. The third kappa shape index (κ3) is 6.97. The first-order valence-corrected chi connectivity index (χ1v) is 8.66. The molecule has 0 aromatic heterocycles. The van der Waals surface area contributed by atoms with Crippen LogP contribution in [0.25, 0.3) is 0 Å². The maximum Gasteiger partial charge on any atom is 0.412 e. The first-order chi connectivity index (χ1) is 12.2. The van der Waals surface area contributed by atoms with Gasteiger partial charge in [0, 0.05) is 24.2 Å². The van der Waals surface area contributed by atoms with Gasteiger partial charge in [0.05, 0.1) is 0 Å². The Morgan fingerprint density at radius 3 is 2.38 bits per heavy atom. The predicted molar refractivity (Wildman–Crippen MR) is 104 cm³/mol. The van der Waals surface area contributed by atoms with Crippen LogP contribution < -0.4 is 11.1 Å². The third-order valence-corrected chi connectivity index (χ3v) is 3.65. The van der Waals surface area contributed by atoms with Gasteiger partial charge in [-0.3, -0.25) is 10.1 Å². The summed E-state index contributed by atoms with van der Waals surface area (Å²) in [5, 5.41) is 2.69. The Hall–Kier alpha value is -2.82. The second-order valence-electron chi connectivity index (χ2n) is 7.28. The van der Waals surface area contributed by atoms with E-state index >= 15 is 0 Å². The molecule has 0 saturated carbocycles. The minimum absolute atomic E-state index is 0.149. The highest BCUT2D eigenvalue weighted by molar-refractivity contribution is 5.86. The molecule has 0 aliphatic heterocycles. The van der Waals surface area contributed by atoms with Crippen molar-refractivity contribution in [2.24, 2.45) is 0 Å². The van der Waals surface area contributed by atoms with E-state index in [4.69, 9.17) is 10.5 Å². The number of ether oxygens (including phenoxy) is 1. The maximum absolute atomic E-state index is 12.2. The van der Waals surface area contributed by atoms with Crippen LogP contribution in [0.4, 0.5) is 16.2 Å². The number of carbonyl (C=O) groups excluding carboxylic acids is 2. The Kier molecular flexibility index (Phi) is 6.39. The minimum atomic E-state index is -0.556. The largest absolute Gasteiger partial charge is 0.444 e. The van der Waals surface area contributed by atoms with E-state index in [2.05, 4.69) is 5.32 Å². The van der Waals surface area contributed by atoms with E-state index < -0.39 is 11.7 Å². The molecule has 2 aromatic rings. The molecular weight excluding hydrogens is 328 g/mol. The van der Waals surface area contributed by atoms with Crippen molar-refractivity contribution in [2.45, 2.75) is 45.6 Å². The lowest BCUT2D eigenvalue weighted by Gasteiger charge is -2.19. The highest BCUT2D eigenvalue weighted by Gasteiger charge is 2.16. The zero-order valence-electron chi connectivity index (χ0n) is 15.5. The monoisotopic (exact) mass is 354 g/mol. The van der Waals surface area contributed by atoms with Gasteiger partial charge >= 0.3 is 6.09 Å². The van der Waals surface area contributed by atoms with Gasteiger partial charge in [-0.1, -0.05) is 24.3 Å². The number of hydrogen-bond donors (Lipinski definition) is 2. The van der Waals surface area contributed by atoms with Crippen molar-refractivity contribution in [3.63, 3.8) is 0 Å². The van der Waals surface area contributed by atoms with Gasteiger partial charge < -0.3 is 10.5 Å². The number of Topliss-reactive ketones (excluding diaryl/α,β-unsaturated/α-hetero) is 1. The lowest BCUT2D eigenvalue weighted by atomic mass is 10.0. The van der Waals surface area contributed by atoms with Gasteiger partial charge in [0.1, 0.15) is 11.4 Å². The number of aryl methyl sites for hydroxylation is 1. The number of nitrogens with one attached hydrogen (secondary N) is 1. The van der Waals surface area contributed by atoms with Crippen molar-refractivity contribution in [2.75, 3.05) is 11.1 Å². The highest BCUT2D eigenvalue weighted by Crippen LogP contribution is 2.15. The van der Waals surface area contributed by atoms with Crippen LogP contribution >= 0.6 is 0 Å². The number of benzene rings is 2. The topological polar surface area (TPSA) is 81.4 Å². The number of carbonyl (C=O) groups is 2. The zero-order chi connectivity index (χ0) is 19.2. The van der Waals surface area contributed by atoms with Crippen molar-refractivity contribution in [1.82, 2.24) is 0 Å². The molecule has 2 aromatic carbocycles. The molecule has 2 rings (SSSR count). The summed E-state index contributed by atoms with van der Waals surface area (Å²) < 4.78 is 5.23. The van der Waals surface area contributed by atoms with Crippen molar-refractivity contribution < 1.29 is 14.3 Å². The molecule has 0 aliphatic carbocycles. The van der Waals surface area contributed by atoms with Crippen LogP contribution in [0.3, 0.4) is 0 Å². The van der Waals surface area contributed by atoms with Gasteiger partial charge in [-0.2, -0.15) is 0 Å². The van der Waals surface area contributed by atoms with Gasteiger partial charge in [0.2, 0.25) is 0 Å². The van der Waals surface area contributed by atoms with E-state index in [-0.39, 0.29) is 5.78 Å². The summed E-state index contributed by atoms with van der Waals surface area (Å²) in [6.45, 7) is 5.42. The van der Waals surface area contributed by atoms with Crippen LogP contribution in [0.2, 0.25) is 0 Å². The quantitative estimate of drug-likeness (QED) is 0.755. The Balaban J connectivity index is 1.88. The Morgan fingerprint density at radius 2 is 1.73 bits per heavy atom. The van der Waals surface area contributed by atoms with E-state index in [0.29, 0.717) is 24.9 Å². The molecule has 0 spiro atoms. The minimum Gasteiger partial charge on any atom is -0.444 e. The molecule has 5 nitrogen and oxygen atoms in total. The van der Waals surface area contributed by atoms with Crippen molar-refractivity contribution in [3.05, 3.63) is 59.7 Å². The summed E-state index contributed by atoms with van der Waals surface area (Å²) in [5.74, 6) is 0.149. The third-order valence-electron chi connectivity index (χ3n) is 3.65. The molecule has 0 fully saturated rings. The number of nitrogens with two attached hydrogens (primary N) is 1. The number of nitrogen functional groups attached to an aromatic ring is 1. The molecule has 1 amide bonds. The molecule has 0 radical (unpaired) electrons. The second kappa shape index (κ2) is 8.52. The summed E-state index contributed by atoms with van der Waals surface area (Å²) in [7, 11) is 0. The zero-order valence-corrected chi connectivity index (χ0v) is 15.5. The van der Waals surface area contributed by atoms with Crippen molar-refractivity contribution in [3.8, 4) is 0 Å². The fraction of sp³-hybridized carbons (Fsp3) is 0.333. The summed E-state index contributed by atoms with van der Waals surface area (Å²) >= 11 is 0. The summed E-state index contributed by atoms with van der Waals surface area (Å²) in [5.41, 5.74) is 8.39. The van der Waals surface area contributed by atoms with E-state index in [9.17, 15) is 9.59 Å². The van der Waals surface area contributed by atoms with Crippen LogP contribution in [-0.2, 0) is 22.4 Å². The molecule has 0 heterocycles. The molecule has 0 saturated heterocycles. The number of amides is 1. The maximum atomic E-state index is 12.2. The first-order valence-electron chi connectivity index (χ1n) is 8.66. The van der Waals surface area contributed by atoms with E-state index in [1.165, 1.54) is 0 Å². The number of rotatable bonds is 6. The van der Waals surface area contributed by atoms with Crippen LogP contribution in [0.1, 0.15) is 38.3 Å². The predicted octanol–water partition coefficient (Wildman–Crippen LogP) is 4.36. The van der Waals surface area contributed by atoms with Crippen LogP contribution in [0.15, 0.2) is 48.5 Å². The van der Waals surface area contributed by atoms with Crippen LogP contribution in [0, 0.1) is 0 Å². The number of anilines is 2. The fourth-order valence-electron chi connectivity index (χ4n) is 2.46. The SMILES string of the molecule is CC(C)(C)OC(=O)Nc1cccc(CC(=O)CCc2ccc(N)cc2)c1. The molecule has 0 atom stereocenters. The Morgan fingerprint density at radius 1 is 1.04 bits per heavy atom. The number of ketones is 1. The molecule has 26 heavy (non-hydrogen) atoms. The summed E-state index contributed by atoms with van der Waals surface area (Å²) in [6, 6.07) is 14.8. The van der Waals surface area contributed by atoms with Crippen LogP contribution in [-0.4, -0.2) is 17.5 Å². The van der Waals surface area contributed by atoms with Gasteiger partial charge in [-0.25, -0.2) is 4.79 Å². The van der Waals surface area contributed by atoms with Gasteiger partial charge in [-0.15, -0.1) is 0 Å². The van der Waals surface area contributed by atoms with E-state index in [1.807, 2.05) is 57.2 Å². The van der Waals surface area contributed by atoms with Gasteiger partial charge in [0.25, 0.3) is 0 Å². The lowest BCUT2D eigenvalue weighted by molar-refractivity contribution is -0.118. The lowest BCUT2D eigenvalue weighted by Crippen LogP contribution is -2.27. The molecule has 0 aliphatic rings. The normalized spacial score (nSPS) is 11.0. The molecule has 5 heteroatoms. The van der Waals surface area contributed by atoms with E-state index in [0.717, 1.165) is 16.8 Å². The van der Waals surface area contributed by atoms with Crippen LogP contribution in [0.5, 0.6) is 0 Å². The van der Waals surface area contributed by atoms with Crippen molar-refractivity contribution >= 4 is 23.3 Å². The van der Waals surface area contributed by atoms with Crippen molar-refractivity contribution in [1.29, 1.82) is 0 Å². The molecule has 3 N–H and O–H groups in total. The molecule has 0 unspecified atom stereocenters. The molecule has 0 bridgehead atoms. The average molecular weight is 354 g/mol. The highest BCUT2D eigenvalue weighted by atomic mass is 16.6.